The molecule has 4 aromatic carbocycles. The molecule has 3 fully saturated rings. The number of rotatable bonds is 6. The topological polar surface area (TPSA) is 147 Å². The van der Waals surface area contributed by atoms with E-state index < -0.39 is 63.6 Å². The van der Waals surface area contributed by atoms with Crippen molar-refractivity contribution in [2.24, 2.45) is 23.7 Å². The summed E-state index contributed by atoms with van der Waals surface area (Å²) in [5.74, 6) is -6.66. The Bertz CT molecular complexity index is 2260. The Morgan fingerprint density at radius 3 is 2.25 bits per heavy atom. The van der Waals surface area contributed by atoms with E-state index in [1.807, 2.05) is 12.1 Å². The molecule has 11 nitrogen and oxygen atoms in total. The number of hydrogen-bond donors (Lipinski definition) is 1. The quantitative estimate of drug-likeness (QED) is 0.0965. The van der Waals surface area contributed by atoms with E-state index in [0.29, 0.717) is 21.7 Å². The molecule has 2 aliphatic heterocycles. The number of phenolic OH excluding ortho intramolecular Hbond substituents is 1. The highest BCUT2D eigenvalue weighted by atomic mass is 35.5. The Hall–Kier alpha value is -5.52. The highest BCUT2D eigenvalue weighted by molar-refractivity contribution is 6.33. The van der Waals surface area contributed by atoms with Gasteiger partial charge >= 0.3 is 0 Å². The maximum Gasteiger partial charge on any atom is 0.271 e. The van der Waals surface area contributed by atoms with Gasteiger partial charge in [-0.25, -0.2) is 9.80 Å². The van der Waals surface area contributed by atoms with Crippen molar-refractivity contribution in [3.63, 3.8) is 0 Å². The van der Waals surface area contributed by atoms with Gasteiger partial charge in [-0.3, -0.25) is 29.3 Å². The van der Waals surface area contributed by atoms with Crippen molar-refractivity contribution in [3.05, 3.63) is 134 Å². The zero-order valence-corrected chi connectivity index (χ0v) is 29.0. The molecule has 0 bridgehead atoms. The fraction of sp³-hybridized carbons (Fsp3) is 0.231. The van der Waals surface area contributed by atoms with E-state index in [9.17, 15) is 29.6 Å². The Labute approximate surface area is 307 Å². The number of imide groups is 2. The lowest BCUT2D eigenvalue weighted by atomic mass is 9.49. The second-order valence-corrected chi connectivity index (χ2v) is 14.3. The van der Waals surface area contributed by atoms with Crippen molar-refractivity contribution in [1.82, 2.24) is 0 Å². The number of non-ortho nitro benzene ring substituents is 1. The molecule has 1 N–H and O–H groups in total. The second kappa shape index (κ2) is 12.3. The van der Waals surface area contributed by atoms with Gasteiger partial charge in [-0.15, -0.1) is 0 Å². The number of nitro groups is 1. The Morgan fingerprint density at radius 2 is 1.56 bits per heavy atom. The number of fused-ring (bicyclic) bond motifs is 4. The average Bonchev–Trinajstić information content (AvgIpc) is 3.53. The van der Waals surface area contributed by atoms with Crippen LogP contribution in [0.2, 0.25) is 10.0 Å². The summed E-state index contributed by atoms with van der Waals surface area (Å²) in [5, 5.41) is 22.6. The molecule has 13 heteroatoms. The van der Waals surface area contributed by atoms with Gasteiger partial charge in [-0.05, 0) is 66.3 Å². The fourth-order valence-corrected chi connectivity index (χ4v) is 9.44. The van der Waals surface area contributed by atoms with Gasteiger partial charge in [-0.1, -0.05) is 77.3 Å². The number of aromatic hydroxyl groups is 1. The second-order valence-electron chi connectivity index (χ2n) is 13.4. The van der Waals surface area contributed by atoms with E-state index in [-0.39, 0.29) is 46.4 Å². The lowest BCUT2D eigenvalue weighted by Crippen LogP contribution is -2.53. The van der Waals surface area contributed by atoms with E-state index in [4.69, 9.17) is 27.9 Å². The number of carbonyl (C=O) groups is 4. The predicted molar refractivity (Wildman–Crippen MR) is 191 cm³/mol. The molecule has 4 amide bonds. The smallest absolute Gasteiger partial charge is 0.271 e. The summed E-state index contributed by atoms with van der Waals surface area (Å²) >= 11 is 13.0. The molecule has 0 spiro atoms. The molecule has 6 atom stereocenters. The van der Waals surface area contributed by atoms with Gasteiger partial charge in [0.05, 0.1) is 51.6 Å². The number of halogens is 2. The van der Waals surface area contributed by atoms with Crippen molar-refractivity contribution in [1.29, 1.82) is 0 Å². The van der Waals surface area contributed by atoms with Crippen molar-refractivity contribution in [2.75, 3.05) is 16.9 Å². The van der Waals surface area contributed by atoms with Crippen LogP contribution in [-0.2, 0) is 24.6 Å². The summed E-state index contributed by atoms with van der Waals surface area (Å²) in [6.45, 7) is 0. The van der Waals surface area contributed by atoms with Gasteiger partial charge in [0, 0.05) is 23.1 Å². The number of carbonyl (C=O) groups excluding carboxylic acids is 4. The Morgan fingerprint density at radius 1 is 0.846 bits per heavy atom. The lowest BCUT2D eigenvalue weighted by molar-refractivity contribution is -0.384. The van der Waals surface area contributed by atoms with Crippen LogP contribution in [0, 0.1) is 33.8 Å². The first-order valence-electron chi connectivity index (χ1n) is 16.6. The fourth-order valence-electron chi connectivity index (χ4n) is 9.03. The third-order valence-electron chi connectivity index (χ3n) is 11.1. The molecule has 2 saturated heterocycles. The van der Waals surface area contributed by atoms with Crippen molar-refractivity contribution in [2.45, 2.75) is 24.2 Å². The molecule has 4 aromatic rings. The predicted octanol–water partition coefficient (Wildman–Crippen LogP) is 6.98. The lowest BCUT2D eigenvalue weighted by Gasteiger charge is -2.50. The van der Waals surface area contributed by atoms with Gasteiger partial charge in [0.25, 0.3) is 5.69 Å². The van der Waals surface area contributed by atoms with Gasteiger partial charge in [0.1, 0.15) is 0 Å². The van der Waals surface area contributed by atoms with Crippen LogP contribution in [0.25, 0.3) is 0 Å². The summed E-state index contributed by atoms with van der Waals surface area (Å²) in [5.41, 5.74) is 0.222. The Balaban J connectivity index is 1.36. The SMILES string of the molecule is COc1cc([C@H]2C3=CC[C@@H]4C(=O)N(c5cccc([N+](=O)[O-])c5)C(=O)[C@@H]4[C@@H]3C[C@H]3C(=O)N(c4cccc(Cl)c4)C(=O)[C@@]23c2ccccc2)cc(Cl)c1O. The molecule has 0 aromatic heterocycles. The summed E-state index contributed by atoms with van der Waals surface area (Å²) in [6.07, 6.45) is 2.07. The largest absolute Gasteiger partial charge is 0.503 e. The highest BCUT2D eigenvalue weighted by Gasteiger charge is 2.70. The number of methoxy groups -OCH3 is 1. The number of ether oxygens (including phenoxy) is 1. The molecular formula is C39H29Cl2N3O8. The summed E-state index contributed by atoms with van der Waals surface area (Å²) in [7, 11) is 1.37. The van der Waals surface area contributed by atoms with Gasteiger partial charge < -0.3 is 9.84 Å². The maximum atomic E-state index is 15.4. The first kappa shape index (κ1) is 33.6. The van der Waals surface area contributed by atoms with Crippen LogP contribution in [0.1, 0.15) is 29.9 Å². The molecular weight excluding hydrogens is 709 g/mol. The summed E-state index contributed by atoms with van der Waals surface area (Å²) < 4.78 is 5.50. The van der Waals surface area contributed by atoms with Crippen LogP contribution >= 0.6 is 23.2 Å². The number of hydrogen-bond acceptors (Lipinski definition) is 8. The van der Waals surface area contributed by atoms with Crippen molar-refractivity contribution < 1.29 is 33.9 Å². The highest BCUT2D eigenvalue weighted by Crippen LogP contribution is 2.65. The molecule has 2 aliphatic carbocycles. The number of nitro benzene ring substituents is 1. The number of phenols is 1. The van der Waals surface area contributed by atoms with E-state index >= 15 is 4.79 Å². The minimum atomic E-state index is -1.56. The molecule has 52 heavy (non-hydrogen) atoms. The van der Waals surface area contributed by atoms with Gasteiger partial charge in [0.15, 0.2) is 11.5 Å². The third kappa shape index (κ3) is 4.72. The van der Waals surface area contributed by atoms with Crippen LogP contribution < -0.4 is 14.5 Å². The van der Waals surface area contributed by atoms with E-state index in [2.05, 4.69) is 0 Å². The Kier molecular flexibility index (Phi) is 7.96. The van der Waals surface area contributed by atoms with Crippen LogP contribution in [0.4, 0.5) is 17.1 Å². The third-order valence-corrected chi connectivity index (χ3v) is 11.6. The van der Waals surface area contributed by atoms with Crippen molar-refractivity contribution in [3.8, 4) is 11.5 Å². The zero-order chi connectivity index (χ0) is 36.6. The van der Waals surface area contributed by atoms with E-state index in [1.54, 1.807) is 54.6 Å². The monoisotopic (exact) mass is 737 g/mol. The minimum absolute atomic E-state index is 0.0436. The summed E-state index contributed by atoms with van der Waals surface area (Å²) in [6, 6.07) is 23.9. The molecule has 0 unspecified atom stereocenters. The molecule has 0 radical (unpaired) electrons. The van der Waals surface area contributed by atoms with Crippen molar-refractivity contribution >= 4 is 63.9 Å². The first-order chi connectivity index (χ1) is 25.0. The molecule has 2 heterocycles. The first-order valence-corrected chi connectivity index (χ1v) is 17.3. The van der Waals surface area contributed by atoms with Crippen LogP contribution in [0.15, 0.2) is 103 Å². The van der Waals surface area contributed by atoms with Gasteiger partial charge in [-0.2, -0.15) is 0 Å². The van der Waals surface area contributed by atoms with Gasteiger partial charge in [0.2, 0.25) is 23.6 Å². The van der Waals surface area contributed by atoms with E-state index in [0.717, 1.165) is 9.80 Å². The maximum absolute atomic E-state index is 15.4. The molecule has 262 valence electrons. The van der Waals surface area contributed by atoms with Crippen LogP contribution in [0.3, 0.4) is 0 Å². The van der Waals surface area contributed by atoms with Crippen LogP contribution in [0.5, 0.6) is 11.5 Å². The van der Waals surface area contributed by atoms with E-state index in [1.165, 1.54) is 37.4 Å². The number of amides is 4. The molecule has 1 saturated carbocycles. The minimum Gasteiger partial charge on any atom is -0.503 e. The number of allylic oxidation sites excluding steroid dienone is 2. The molecule has 8 rings (SSSR count). The normalized spacial score (nSPS) is 26.5. The number of nitrogens with zero attached hydrogens (tertiary/aromatic N) is 3. The number of anilines is 2. The standard InChI is InChI=1S/C39H29Cl2N3O8/c1-52-31-16-20(15-30(41)34(31)45)33-26-13-14-27-32(37(48)42(35(27)46)24-11-6-12-25(18-24)44(50)51)28(26)19-29-36(47)43(23-10-5-9-22(40)17-23)38(49)39(29,33)21-7-3-2-4-8-21/h2-13,15-18,27-29,32-33,45H,14,19H2,1H3/t27-,28+,29-,32-,33-,39+/m0/s1. The number of benzene rings is 4. The zero-order valence-electron chi connectivity index (χ0n) is 27.4. The summed E-state index contributed by atoms with van der Waals surface area (Å²) in [4.78, 5) is 71.9. The van der Waals surface area contributed by atoms with Crippen LogP contribution in [-0.4, -0.2) is 40.8 Å². The molecule has 4 aliphatic rings. The average molecular weight is 739 g/mol.